The van der Waals surface area contributed by atoms with Crippen molar-refractivity contribution in [2.75, 3.05) is 18.5 Å². The normalized spacial score (nSPS) is 16.8. The van der Waals surface area contributed by atoms with Gasteiger partial charge in [-0.05, 0) is 31.4 Å². The van der Waals surface area contributed by atoms with Gasteiger partial charge >= 0.3 is 0 Å². The van der Waals surface area contributed by atoms with Gasteiger partial charge in [-0.2, -0.15) is 0 Å². The Morgan fingerprint density at radius 1 is 1.50 bits per heavy atom. The minimum Gasteiger partial charge on any atom is -0.374 e. The van der Waals surface area contributed by atoms with Gasteiger partial charge in [-0.3, -0.25) is 4.79 Å². The molecule has 0 fully saturated rings. The van der Waals surface area contributed by atoms with Crippen LogP contribution >= 0.6 is 11.6 Å². The maximum absolute atomic E-state index is 11.8. The molecule has 0 aliphatic carbocycles. The van der Waals surface area contributed by atoms with Crippen LogP contribution in [0, 0.1) is 0 Å². The molecule has 3 heteroatoms. The zero-order valence-electron chi connectivity index (χ0n) is 9.66. The van der Waals surface area contributed by atoms with E-state index in [1.807, 2.05) is 12.1 Å². The van der Waals surface area contributed by atoms with Crippen molar-refractivity contribution in [1.29, 1.82) is 0 Å². The van der Waals surface area contributed by atoms with Crippen molar-refractivity contribution in [2.45, 2.75) is 25.1 Å². The van der Waals surface area contributed by atoms with Gasteiger partial charge < -0.3 is 4.90 Å². The molecule has 0 spiro atoms. The maximum Gasteiger partial charge on any atom is 0.180 e. The van der Waals surface area contributed by atoms with E-state index in [-0.39, 0.29) is 5.78 Å². The van der Waals surface area contributed by atoms with Gasteiger partial charge in [0.25, 0.3) is 0 Å². The minimum absolute atomic E-state index is 0.00319. The Morgan fingerprint density at radius 2 is 2.25 bits per heavy atom. The molecule has 0 amide bonds. The first-order valence-corrected chi connectivity index (χ1v) is 6.05. The number of halogens is 1. The third-order valence-corrected chi connectivity index (χ3v) is 3.28. The number of ketones is 1. The van der Waals surface area contributed by atoms with Crippen LogP contribution in [0.1, 0.15) is 29.3 Å². The third kappa shape index (κ3) is 2.07. The molecule has 0 radical (unpaired) electrons. The summed E-state index contributed by atoms with van der Waals surface area (Å²) in [6.45, 7) is 2.77. The molecule has 1 unspecified atom stereocenters. The second kappa shape index (κ2) is 4.46. The predicted octanol–water partition coefficient (Wildman–Crippen LogP) is 2.88. The van der Waals surface area contributed by atoms with Crippen LogP contribution in [0.3, 0.4) is 0 Å². The van der Waals surface area contributed by atoms with Crippen molar-refractivity contribution >= 4 is 23.1 Å². The first-order valence-electron chi connectivity index (χ1n) is 5.62. The van der Waals surface area contributed by atoms with Crippen molar-refractivity contribution in [3.8, 4) is 0 Å². The lowest BCUT2D eigenvalue weighted by Crippen LogP contribution is -2.25. The molecule has 1 atom stereocenters. The summed E-state index contributed by atoms with van der Waals surface area (Å²) in [5.74, 6) is 0.00319. The smallest absolute Gasteiger partial charge is 0.180 e. The van der Waals surface area contributed by atoms with Crippen LogP contribution in [0.2, 0.25) is 0 Å². The van der Waals surface area contributed by atoms with E-state index in [0.717, 1.165) is 18.5 Å². The summed E-state index contributed by atoms with van der Waals surface area (Å²) < 4.78 is 0. The molecule has 0 aromatic heterocycles. The zero-order chi connectivity index (χ0) is 11.7. The predicted molar refractivity (Wildman–Crippen MR) is 67.7 cm³/mol. The Balaban J connectivity index is 2.37. The fourth-order valence-electron chi connectivity index (χ4n) is 2.14. The van der Waals surface area contributed by atoms with Gasteiger partial charge in [0.1, 0.15) is 0 Å². The van der Waals surface area contributed by atoms with Gasteiger partial charge in [-0.15, -0.1) is 11.6 Å². The summed E-state index contributed by atoms with van der Waals surface area (Å²) in [4.78, 5) is 14.0. The zero-order valence-corrected chi connectivity index (χ0v) is 10.4. The number of Topliss-reactive ketones (excluding diaryl/α,β-unsaturated/α-hetero) is 1. The SMILES string of the molecule is CC(Cl)C(=O)c1ccc2c(c1)N(C)CCC2. The number of nitrogens with zero attached hydrogens (tertiary/aromatic N) is 1. The number of carbonyl (C=O) groups excluding carboxylic acids is 1. The van der Waals surface area contributed by atoms with Gasteiger partial charge in [0.15, 0.2) is 5.78 Å². The van der Waals surface area contributed by atoms with Crippen molar-refractivity contribution in [3.05, 3.63) is 29.3 Å². The average Bonchev–Trinajstić information content (AvgIpc) is 2.28. The molecule has 1 aromatic carbocycles. The highest BCUT2D eigenvalue weighted by Gasteiger charge is 2.18. The van der Waals surface area contributed by atoms with Gasteiger partial charge in [-0.25, -0.2) is 0 Å². The summed E-state index contributed by atoms with van der Waals surface area (Å²) in [5.41, 5.74) is 3.22. The molecule has 16 heavy (non-hydrogen) atoms. The van der Waals surface area contributed by atoms with E-state index >= 15 is 0 Å². The lowest BCUT2D eigenvalue weighted by molar-refractivity contribution is 0.0992. The van der Waals surface area contributed by atoms with E-state index < -0.39 is 5.38 Å². The van der Waals surface area contributed by atoms with E-state index in [0.29, 0.717) is 0 Å². The second-order valence-electron chi connectivity index (χ2n) is 4.35. The quantitative estimate of drug-likeness (QED) is 0.582. The lowest BCUT2D eigenvalue weighted by atomic mass is 9.98. The highest BCUT2D eigenvalue weighted by atomic mass is 35.5. The Hall–Kier alpha value is -1.02. The van der Waals surface area contributed by atoms with E-state index in [2.05, 4.69) is 18.0 Å². The van der Waals surface area contributed by atoms with Gasteiger partial charge in [0, 0.05) is 24.8 Å². The van der Waals surface area contributed by atoms with Crippen LogP contribution in [0.15, 0.2) is 18.2 Å². The molecule has 0 N–H and O–H groups in total. The number of carbonyl (C=O) groups is 1. The van der Waals surface area contributed by atoms with Crippen LogP contribution in [-0.2, 0) is 6.42 Å². The van der Waals surface area contributed by atoms with E-state index in [4.69, 9.17) is 11.6 Å². The molecule has 2 nitrogen and oxygen atoms in total. The number of rotatable bonds is 2. The Morgan fingerprint density at radius 3 is 2.94 bits per heavy atom. The molecule has 0 saturated heterocycles. The molecule has 2 rings (SSSR count). The van der Waals surface area contributed by atoms with Crippen LogP contribution in [0.5, 0.6) is 0 Å². The number of anilines is 1. The van der Waals surface area contributed by atoms with Gasteiger partial charge in [-0.1, -0.05) is 12.1 Å². The molecule has 0 bridgehead atoms. The summed E-state index contributed by atoms with van der Waals surface area (Å²) in [6.07, 6.45) is 2.28. The average molecular weight is 238 g/mol. The highest BCUT2D eigenvalue weighted by molar-refractivity contribution is 6.33. The van der Waals surface area contributed by atoms with E-state index in [1.54, 1.807) is 6.92 Å². The van der Waals surface area contributed by atoms with Crippen molar-refractivity contribution in [1.82, 2.24) is 0 Å². The fourth-order valence-corrected chi connectivity index (χ4v) is 2.27. The Labute approximate surface area is 101 Å². The minimum atomic E-state index is -0.452. The first kappa shape index (κ1) is 11.5. The van der Waals surface area contributed by atoms with Gasteiger partial charge in [0.05, 0.1) is 5.38 Å². The van der Waals surface area contributed by atoms with Crippen molar-refractivity contribution < 1.29 is 4.79 Å². The fraction of sp³-hybridized carbons (Fsp3) is 0.462. The molecule has 1 aliphatic heterocycles. The van der Waals surface area contributed by atoms with Crippen LogP contribution in [-0.4, -0.2) is 24.8 Å². The molecular formula is C13H16ClNO. The standard InChI is InChI=1S/C13H16ClNO/c1-9(14)13(16)11-6-5-10-4-3-7-15(2)12(10)8-11/h5-6,8-9H,3-4,7H2,1-2H3. The van der Waals surface area contributed by atoms with Crippen molar-refractivity contribution in [3.63, 3.8) is 0 Å². The summed E-state index contributed by atoms with van der Waals surface area (Å²) >= 11 is 5.82. The summed E-state index contributed by atoms with van der Waals surface area (Å²) in [5, 5.41) is -0.452. The monoisotopic (exact) mass is 237 g/mol. The molecule has 86 valence electrons. The lowest BCUT2D eigenvalue weighted by Gasteiger charge is -2.27. The first-order chi connectivity index (χ1) is 7.59. The molecule has 1 aliphatic rings. The van der Waals surface area contributed by atoms with E-state index in [1.165, 1.54) is 17.7 Å². The summed E-state index contributed by atoms with van der Waals surface area (Å²) in [7, 11) is 2.07. The summed E-state index contributed by atoms with van der Waals surface area (Å²) in [6, 6.07) is 5.91. The van der Waals surface area contributed by atoms with Gasteiger partial charge in [0.2, 0.25) is 0 Å². The number of fused-ring (bicyclic) bond motifs is 1. The maximum atomic E-state index is 11.8. The van der Waals surface area contributed by atoms with E-state index in [9.17, 15) is 4.79 Å². The van der Waals surface area contributed by atoms with Crippen LogP contribution in [0.25, 0.3) is 0 Å². The second-order valence-corrected chi connectivity index (χ2v) is 5.00. The Bertz CT molecular complexity index is 414. The van der Waals surface area contributed by atoms with Crippen LogP contribution in [0.4, 0.5) is 5.69 Å². The molecule has 0 saturated carbocycles. The van der Waals surface area contributed by atoms with Crippen molar-refractivity contribution in [2.24, 2.45) is 0 Å². The number of benzene rings is 1. The third-order valence-electron chi connectivity index (χ3n) is 3.08. The number of alkyl halides is 1. The highest BCUT2D eigenvalue weighted by Crippen LogP contribution is 2.27. The topological polar surface area (TPSA) is 20.3 Å². The number of hydrogen-bond donors (Lipinski definition) is 0. The molecular weight excluding hydrogens is 222 g/mol. The largest absolute Gasteiger partial charge is 0.374 e. The molecule has 1 aromatic rings. The van der Waals surface area contributed by atoms with Crippen LogP contribution < -0.4 is 4.90 Å². The molecule has 1 heterocycles. The number of hydrogen-bond acceptors (Lipinski definition) is 2. The number of aryl methyl sites for hydroxylation is 1. The Kier molecular flexibility index (Phi) is 3.20.